The lowest BCUT2D eigenvalue weighted by molar-refractivity contribution is 0.0822. The van der Waals surface area contributed by atoms with Crippen LogP contribution in [0, 0.1) is 6.92 Å². The van der Waals surface area contributed by atoms with Gasteiger partial charge in [-0.05, 0) is 52.8 Å². The highest BCUT2D eigenvalue weighted by molar-refractivity contribution is 7.89. The Labute approximate surface area is 180 Å². The lowest BCUT2D eigenvalue weighted by Crippen LogP contribution is -2.46. The first-order valence-electron chi connectivity index (χ1n) is 9.33. The van der Waals surface area contributed by atoms with Gasteiger partial charge in [0.05, 0.1) is 41.1 Å². The second-order valence-corrected chi connectivity index (χ2v) is 11.0. The zero-order valence-corrected chi connectivity index (χ0v) is 19.5. The molecule has 3 aromatic rings. The number of ether oxygens (including phenoxy) is 1. The van der Waals surface area contributed by atoms with Crippen molar-refractivity contribution in [2.75, 3.05) is 13.7 Å². The fraction of sp³-hybridized carbons (Fsp3) is 0.450. The van der Waals surface area contributed by atoms with Crippen molar-refractivity contribution in [1.82, 2.24) is 14.1 Å². The smallest absolute Gasteiger partial charge is 0.244 e. The van der Waals surface area contributed by atoms with Crippen LogP contribution in [0.25, 0.3) is 16.2 Å². The Kier molecular flexibility index (Phi) is 5.76. The van der Waals surface area contributed by atoms with Crippen LogP contribution in [0.3, 0.4) is 0 Å². The Hall–Kier alpha value is -1.98. The van der Waals surface area contributed by atoms with Crippen molar-refractivity contribution in [2.45, 2.75) is 50.7 Å². The van der Waals surface area contributed by atoms with E-state index in [4.69, 9.17) is 4.74 Å². The maximum absolute atomic E-state index is 13.0. The summed E-state index contributed by atoms with van der Waals surface area (Å²) in [6.45, 7) is 8.09. The Balaban J connectivity index is 2.18. The van der Waals surface area contributed by atoms with Gasteiger partial charge in [0.2, 0.25) is 10.0 Å². The van der Waals surface area contributed by atoms with Gasteiger partial charge in [0, 0.05) is 11.8 Å². The summed E-state index contributed by atoms with van der Waals surface area (Å²) in [6, 6.07) is 4.90. The lowest BCUT2D eigenvalue weighted by Gasteiger charge is -2.24. The van der Waals surface area contributed by atoms with Crippen LogP contribution < -0.4 is 9.46 Å². The molecule has 0 saturated carbocycles. The second kappa shape index (κ2) is 7.61. The van der Waals surface area contributed by atoms with Gasteiger partial charge >= 0.3 is 0 Å². The number of aryl methyl sites for hydroxylation is 1. The molecule has 1 aromatic carbocycles. The van der Waals surface area contributed by atoms with Crippen molar-refractivity contribution in [1.29, 1.82) is 0 Å². The fourth-order valence-electron chi connectivity index (χ4n) is 3.07. The van der Waals surface area contributed by atoms with Gasteiger partial charge in [-0.3, -0.25) is 4.40 Å². The average molecular weight is 454 g/mol. The van der Waals surface area contributed by atoms with Gasteiger partial charge in [0.15, 0.2) is 4.96 Å². The van der Waals surface area contributed by atoms with Crippen molar-refractivity contribution < 1.29 is 23.4 Å². The van der Waals surface area contributed by atoms with Gasteiger partial charge < -0.3 is 14.9 Å². The fourth-order valence-corrected chi connectivity index (χ4v) is 5.70. The average Bonchev–Trinajstić information content (AvgIpc) is 3.17. The van der Waals surface area contributed by atoms with Gasteiger partial charge in [-0.1, -0.05) is 11.3 Å². The summed E-state index contributed by atoms with van der Waals surface area (Å²) in [7, 11) is -2.57. The first-order chi connectivity index (χ1) is 13.8. The van der Waals surface area contributed by atoms with Crippen LogP contribution >= 0.6 is 11.3 Å². The number of methoxy groups -OCH3 is 1. The van der Waals surface area contributed by atoms with Gasteiger partial charge in [0.1, 0.15) is 10.6 Å². The Morgan fingerprint density at radius 3 is 2.50 bits per heavy atom. The molecule has 0 unspecified atom stereocenters. The minimum Gasteiger partial charge on any atom is -0.495 e. The van der Waals surface area contributed by atoms with Crippen LogP contribution in [-0.4, -0.2) is 47.3 Å². The monoisotopic (exact) mass is 453 g/mol. The van der Waals surface area contributed by atoms with Crippen molar-refractivity contribution in [3.8, 4) is 17.0 Å². The third kappa shape index (κ3) is 4.23. The number of rotatable bonds is 7. The number of hydrogen-bond donors (Lipinski definition) is 3. The summed E-state index contributed by atoms with van der Waals surface area (Å²) in [4.78, 5) is 6.00. The SMILES string of the molecule is COc1ccc(-c2c(C)nc3sc(C(C)(C)O)cn23)cc1S(=O)(=O)NC(C)(C)CO. The summed E-state index contributed by atoms with van der Waals surface area (Å²) in [5.74, 6) is 0.195. The maximum Gasteiger partial charge on any atom is 0.244 e. The zero-order valence-electron chi connectivity index (χ0n) is 17.8. The number of aliphatic hydroxyl groups excluding tert-OH is 1. The number of thiazole rings is 1. The highest BCUT2D eigenvalue weighted by Crippen LogP contribution is 2.36. The minimum absolute atomic E-state index is 0.0312. The molecular weight excluding hydrogens is 426 g/mol. The molecule has 0 spiro atoms. The highest BCUT2D eigenvalue weighted by Gasteiger charge is 2.29. The quantitative estimate of drug-likeness (QED) is 0.507. The summed E-state index contributed by atoms with van der Waals surface area (Å²) in [6.07, 6.45) is 1.82. The van der Waals surface area contributed by atoms with Gasteiger partial charge in [0.25, 0.3) is 0 Å². The number of aromatic nitrogens is 2. The van der Waals surface area contributed by atoms with E-state index in [1.54, 1.807) is 39.8 Å². The third-order valence-electron chi connectivity index (χ3n) is 4.64. The van der Waals surface area contributed by atoms with Crippen LogP contribution in [0.5, 0.6) is 5.75 Å². The largest absolute Gasteiger partial charge is 0.495 e. The molecule has 0 aliphatic carbocycles. The van der Waals surface area contributed by atoms with Crippen LogP contribution in [-0.2, 0) is 15.6 Å². The zero-order chi connectivity index (χ0) is 22.5. The summed E-state index contributed by atoms with van der Waals surface area (Å²) < 4.78 is 35.7. The molecule has 0 bridgehead atoms. The van der Waals surface area contributed by atoms with Crippen LogP contribution in [0.2, 0.25) is 0 Å². The van der Waals surface area contributed by atoms with Gasteiger partial charge in [-0.25, -0.2) is 18.1 Å². The first kappa shape index (κ1) is 22.7. The van der Waals surface area contributed by atoms with Crippen molar-refractivity contribution in [2.24, 2.45) is 0 Å². The number of benzene rings is 1. The molecule has 30 heavy (non-hydrogen) atoms. The van der Waals surface area contributed by atoms with Gasteiger partial charge in [-0.15, -0.1) is 0 Å². The predicted molar refractivity (Wildman–Crippen MR) is 117 cm³/mol. The lowest BCUT2D eigenvalue weighted by atomic mass is 10.1. The summed E-state index contributed by atoms with van der Waals surface area (Å²) >= 11 is 1.38. The van der Waals surface area contributed by atoms with E-state index in [-0.39, 0.29) is 17.3 Å². The highest BCUT2D eigenvalue weighted by atomic mass is 32.2. The number of nitrogens with zero attached hydrogens (tertiary/aromatic N) is 2. The van der Waals surface area contributed by atoms with E-state index in [9.17, 15) is 18.6 Å². The number of sulfonamides is 1. The second-order valence-electron chi connectivity index (χ2n) is 8.37. The molecule has 0 amide bonds. The van der Waals surface area contributed by atoms with Crippen LogP contribution in [0.15, 0.2) is 29.3 Å². The molecule has 10 heteroatoms. The van der Waals surface area contributed by atoms with E-state index in [1.807, 2.05) is 17.5 Å². The number of nitrogens with one attached hydrogen (secondary N) is 1. The van der Waals surface area contributed by atoms with Crippen molar-refractivity contribution in [3.63, 3.8) is 0 Å². The number of imidazole rings is 1. The molecule has 8 nitrogen and oxygen atoms in total. The molecular formula is C20H27N3O5S2. The van der Waals surface area contributed by atoms with Crippen LogP contribution in [0.4, 0.5) is 0 Å². The number of aliphatic hydroxyl groups is 2. The minimum atomic E-state index is -3.97. The van der Waals surface area contributed by atoms with E-state index in [1.165, 1.54) is 24.5 Å². The van der Waals surface area contributed by atoms with Crippen molar-refractivity contribution >= 4 is 26.3 Å². The molecule has 2 aromatic heterocycles. The van der Waals surface area contributed by atoms with Crippen LogP contribution in [0.1, 0.15) is 38.3 Å². The summed E-state index contributed by atoms with van der Waals surface area (Å²) in [5, 5.41) is 19.8. The molecule has 0 aliphatic rings. The first-order valence-corrected chi connectivity index (χ1v) is 11.6. The molecule has 164 valence electrons. The maximum atomic E-state index is 13.0. The summed E-state index contributed by atoms with van der Waals surface area (Å²) in [5.41, 5.74) is 0.0698. The van der Waals surface area contributed by atoms with E-state index in [0.717, 1.165) is 16.3 Å². The molecule has 0 saturated heterocycles. The van der Waals surface area contributed by atoms with E-state index in [0.29, 0.717) is 10.5 Å². The van der Waals surface area contributed by atoms with E-state index >= 15 is 0 Å². The third-order valence-corrected chi connectivity index (χ3v) is 7.65. The number of hydrogen-bond acceptors (Lipinski definition) is 7. The Morgan fingerprint density at radius 2 is 1.93 bits per heavy atom. The molecule has 0 aliphatic heterocycles. The van der Waals surface area contributed by atoms with E-state index < -0.39 is 21.2 Å². The molecule has 3 N–H and O–H groups in total. The number of fused-ring (bicyclic) bond motifs is 1. The van der Waals surface area contributed by atoms with E-state index in [2.05, 4.69) is 9.71 Å². The Morgan fingerprint density at radius 1 is 1.27 bits per heavy atom. The molecule has 0 atom stereocenters. The molecule has 0 fully saturated rings. The topological polar surface area (TPSA) is 113 Å². The Bertz CT molecular complexity index is 1190. The normalized spacial score (nSPS) is 13.2. The molecule has 3 rings (SSSR count). The standard InChI is InChI=1S/C20H27N3O5S2/c1-12-17(23-10-16(20(4,5)25)29-18(23)21-12)13-7-8-14(28-6)15(9-13)30(26,27)22-19(2,3)11-24/h7-10,22,24-25H,11H2,1-6H3. The molecule has 2 heterocycles. The van der Waals surface area contributed by atoms with Crippen molar-refractivity contribution in [3.05, 3.63) is 35.0 Å². The molecule has 0 radical (unpaired) electrons. The predicted octanol–water partition coefficient (Wildman–Crippen LogP) is 2.66. The van der Waals surface area contributed by atoms with Gasteiger partial charge in [-0.2, -0.15) is 0 Å².